The van der Waals surface area contributed by atoms with Gasteiger partial charge in [-0.3, -0.25) is 4.99 Å². The van der Waals surface area contributed by atoms with Crippen LogP contribution in [0.3, 0.4) is 0 Å². The predicted octanol–water partition coefficient (Wildman–Crippen LogP) is 4.15. The first kappa shape index (κ1) is 21.2. The van der Waals surface area contributed by atoms with Gasteiger partial charge in [0, 0.05) is 43.5 Å². The molecule has 1 aromatic heterocycles. The van der Waals surface area contributed by atoms with Gasteiger partial charge in [0.1, 0.15) is 0 Å². The predicted molar refractivity (Wildman–Crippen MR) is 122 cm³/mol. The van der Waals surface area contributed by atoms with Crippen molar-refractivity contribution in [2.24, 2.45) is 4.99 Å². The number of aromatic nitrogens is 1. The van der Waals surface area contributed by atoms with Crippen LogP contribution in [-0.2, 0) is 19.3 Å². The molecule has 0 saturated heterocycles. The minimum absolute atomic E-state index is 0. The Labute approximate surface area is 177 Å². The summed E-state index contributed by atoms with van der Waals surface area (Å²) < 4.78 is 0. The molecule has 1 unspecified atom stereocenters. The third kappa shape index (κ3) is 5.67. The van der Waals surface area contributed by atoms with E-state index in [1.807, 2.05) is 24.6 Å². The number of nitrogens with zero attached hydrogens (tertiary/aromatic N) is 2. The quantitative estimate of drug-likeness (QED) is 0.368. The van der Waals surface area contributed by atoms with Gasteiger partial charge in [0.2, 0.25) is 0 Å². The maximum atomic E-state index is 4.47. The Kier molecular flexibility index (Phi) is 8.84. The molecule has 0 saturated carbocycles. The highest BCUT2D eigenvalue weighted by atomic mass is 127. The summed E-state index contributed by atoms with van der Waals surface area (Å²) in [6.45, 7) is 3.97. The van der Waals surface area contributed by atoms with Crippen LogP contribution in [0.15, 0.2) is 35.5 Å². The third-order valence-corrected chi connectivity index (χ3v) is 6.02. The fourth-order valence-corrected chi connectivity index (χ4v) is 4.28. The Balaban J connectivity index is 0.00000243. The summed E-state index contributed by atoms with van der Waals surface area (Å²) in [5.41, 5.74) is 3.02. The van der Waals surface area contributed by atoms with E-state index >= 15 is 0 Å². The van der Waals surface area contributed by atoms with Crippen LogP contribution in [0.4, 0.5) is 0 Å². The summed E-state index contributed by atoms with van der Waals surface area (Å²) in [7, 11) is 1.84. The van der Waals surface area contributed by atoms with Gasteiger partial charge in [0.15, 0.2) is 5.96 Å². The highest BCUT2D eigenvalue weighted by molar-refractivity contribution is 14.0. The number of guanidine groups is 1. The standard InChI is InChI=1S/C20H28N4S.HI/c1-3-17-14-23-19(25-17)11-12-22-20(21-2)24-13-16-9-6-8-15-7-4-5-10-18(15)16;/h4-5,7,10,14,16H,3,6,8-9,11-13H2,1-2H3,(H2,21,22,24);1H. The van der Waals surface area contributed by atoms with Crippen LogP contribution in [-0.4, -0.2) is 31.1 Å². The second kappa shape index (κ2) is 10.9. The SMILES string of the molecule is CCc1cnc(CCNC(=NC)NCC2CCCc3ccccc32)s1.I. The van der Waals surface area contributed by atoms with E-state index in [0.29, 0.717) is 5.92 Å². The average Bonchev–Trinajstić information content (AvgIpc) is 3.12. The van der Waals surface area contributed by atoms with Crippen LogP contribution in [0.25, 0.3) is 0 Å². The van der Waals surface area contributed by atoms with Gasteiger partial charge in [-0.2, -0.15) is 0 Å². The van der Waals surface area contributed by atoms with E-state index in [9.17, 15) is 0 Å². The molecule has 0 amide bonds. The number of nitrogens with one attached hydrogen (secondary N) is 2. The second-order valence-corrected chi connectivity index (χ2v) is 7.69. The maximum absolute atomic E-state index is 4.47. The Hall–Kier alpha value is -1.15. The zero-order chi connectivity index (χ0) is 17.5. The van der Waals surface area contributed by atoms with Gasteiger partial charge in [-0.15, -0.1) is 35.3 Å². The molecule has 0 fully saturated rings. The summed E-state index contributed by atoms with van der Waals surface area (Å²) in [5, 5.41) is 8.11. The minimum Gasteiger partial charge on any atom is -0.356 e. The lowest BCUT2D eigenvalue weighted by atomic mass is 9.83. The van der Waals surface area contributed by atoms with Crippen molar-refractivity contribution in [3.8, 4) is 0 Å². The van der Waals surface area contributed by atoms with Crippen molar-refractivity contribution in [2.75, 3.05) is 20.1 Å². The molecule has 1 heterocycles. The number of hydrogen-bond acceptors (Lipinski definition) is 3. The number of benzene rings is 1. The Morgan fingerprint density at radius 3 is 2.92 bits per heavy atom. The number of aryl methyl sites for hydroxylation is 2. The van der Waals surface area contributed by atoms with Gasteiger partial charge in [-0.1, -0.05) is 31.2 Å². The van der Waals surface area contributed by atoms with Crippen LogP contribution < -0.4 is 10.6 Å². The molecule has 0 aliphatic heterocycles. The first-order valence-electron chi connectivity index (χ1n) is 9.26. The summed E-state index contributed by atoms with van der Waals surface area (Å²) in [6, 6.07) is 8.86. The van der Waals surface area contributed by atoms with Crippen molar-refractivity contribution in [3.63, 3.8) is 0 Å². The first-order valence-corrected chi connectivity index (χ1v) is 10.1. The summed E-state index contributed by atoms with van der Waals surface area (Å²) >= 11 is 1.81. The average molecular weight is 484 g/mol. The summed E-state index contributed by atoms with van der Waals surface area (Å²) in [6.07, 6.45) is 7.74. The van der Waals surface area contributed by atoms with Gasteiger partial charge >= 0.3 is 0 Å². The molecule has 1 atom stereocenters. The molecule has 2 aromatic rings. The van der Waals surface area contributed by atoms with Gasteiger partial charge < -0.3 is 10.6 Å². The van der Waals surface area contributed by atoms with E-state index < -0.39 is 0 Å². The molecule has 142 valence electrons. The molecule has 0 radical (unpaired) electrons. The van der Waals surface area contributed by atoms with Gasteiger partial charge in [0.05, 0.1) is 5.01 Å². The normalized spacial score (nSPS) is 16.5. The van der Waals surface area contributed by atoms with E-state index in [4.69, 9.17) is 0 Å². The Bertz CT molecular complexity index is 713. The van der Waals surface area contributed by atoms with Crippen molar-refractivity contribution in [3.05, 3.63) is 51.5 Å². The van der Waals surface area contributed by atoms with E-state index in [-0.39, 0.29) is 24.0 Å². The van der Waals surface area contributed by atoms with Crippen molar-refractivity contribution in [1.29, 1.82) is 0 Å². The summed E-state index contributed by atoms with van der Waals surface area (Å²) in [5.74, 6) is 1.46. The number of aliphatic imine (C=N–C) groups is 1. The lowest BCUT2D eigenvalue weighted by molar-refractivity contribution is 0.540. The monoisotopic (exact) mass is 484 g/mol. The number of halogens is 1. The van der Waals surface area contributed by atoms with Crippen molar-refractivity contribution in [1.82, 2.24) is 15.6 Å². The van der Waals surface area contributed by atoms with Crippen LogP contribution >= 0.6 is 35.3 Å². The molecular weight excluding hydrogens is 455 g/mol. The molecule has 26 heavy (non-hydrogen) atoms. The van der Waals surface area contributed by atoms with Gasteiger partial charge in [-0.05, 0) is 36.8 Å². The molecular formula is C20H29IN4S. The first-order chi connectivity index (χ1) is 12.3. The van der Waals surface area contributed by atoms with Crippen LogP contribution in [0.1, 0.15) is 46.7 Å². The molecule has 6 heteroatoms. The summed E-state index contributed by atoms with van der Waals surface area (Å²) in [4.78, 5) is 10.2. The molecule has 1 aromatic carbocycles. The van der Waals surface area contributed by atoms with E-state index in [1.165, 1.54) is 40.3 Å². The van der Waals surface area contributed by atoms with Crippen LogP contribution in [0.5, 0.6) is 0 Å². The fourth-order valence-electron chi connectivity index (χ4n) is 3.42. The lowest BCUT2D eigenvalue weighted by Crippen LogP contribution is -2.40. The minimum atomic E-state index is 0. The number of fused-ring (bicyclic) bond motifs is 1. The Morgan fingerprint density at radius 2 is 2.15 bits per heavy atom. The highest BCUT2D eigenvalue weighted by Crippen LogP contribution is 2.30. The number of thiazole rings is 1. The van der Waals surface area contributed by atoms with Crippen LogP contribution in [0, 0.1) is 0 Å². The van der Waals surface area contributed by atoms with Crippen molar-refractivity contribution >= 4 is 41.3 Å². The topological polar surface area (TPSA) is 49.3 Å². The highest BCUT2D eigenvalue weighted by Gasteiger charge is 2.19. The molecule has 1 aliphatic carbocycles. The van der Waals surface area contributed by atoms with Crippen LogP contribution in [0.2, 0.25) is 0 Å². The number of hydrogen-bond donors (Lipinski definition) is 2. The van der Waals surface area contributed by atoms with E-state index in [2.05, 4.69) is 51.8 Å². The maximum Gasteiger partial charge on any atom is 0.191 e. The Morgan fingerprint density at radius 1 is 1.31 bits per heavy atom. The largest absolute Gasteiger partial charge is 0.356 e. The molecule has 2 N–H and O–H groups in total. The molecule has 0 bridgehead atoms. The smallest absolute Gasteiger partial charge is 0.191 e. The lowest BCUT2D eigenvalue weighted by Gasteiger charge is -2.26. The fraction of sp³-hybridized carbons (Fsp3) is 0.500. The van der Waals surface area contributed by atoms with Crippen molar-refractivity contribution in [2.45, 2.75) is 44.9 Å². The second-order valence-electron chi connectivity index (χ2n) is 6.49. The molecule has 1 aliphatic rings. The van der Waals surface area contributed by atoms with E-state index in [0.717, 1.165) is 31.9 Å². The van der Waals surface area contributed by atoms with Gasteiger partial charge in [-0.25, -0.2) is 4.98 Å². The van der Waals surface area contributed by atoms with E-state index in [1.54, 1.807) is 0 Å². The molecule has 4 nitrogen and oxygen atoms in total. The zero-order valence-electron chi connectivity index (χ0n) is 15.6. The number of rotatable bonds is 6. The molecule has 3 rings (SSSR count). The molecule has 0 spiro atoms. The van der Waals surface area contributed by atoms with Gasteiger partial charge in [0.25, 0.3) is 0 Å². The third-order valence-electron chi connectivity index (χ3n) is 4.81. The van der Waals surface area contributed by atoms with Crippen molar-refractivity contribution < 1.29 is 0 Å². The zero-order valence-corrected chi connectivity index (χ0v) is 18.8.